The second-order valence-electron chi connectivity index (χ2n) is 6.67. The fourth-order valence-corrected chi connectivity index (χ4v) is 3.55. The molecular weight excluding hydrogens is 292 g/mol. The summed E-state index contributed by atoms with van der Waals surface area (Å²) in [7, 11) is 0. The number of aliphatic hydroxyl groups is 1. The zero-order valence-electron chi connectivity index (χ0n) is 13.6. The molecule has 1 aromatic carbocycles. The first-order valence-electron chi connectivity index (χ1n) is 8.33. The molecule has 2 amide bonds. The van der Waals surface area contributed by atoms with Gasteiger partial charge in [-0.2, -0.15) is 0 Å². The molecule has 23 heavy (non-hydrogen) atoms. The highest BCUT2D eigenvalue weighted by Crippen LogP contribution is 2.26. The summed E-state index contributed by atoms with van der Waals surface area (Å²) in [5.41, 5.74) is 2.28. The van der Waals surface area contributed by atoms with Crippen LogP contribution in [0, 0.1) is 12.8 Å². The lowest BCUT2D eigenvalue weighted by molar-refractivity contribution is -0.137. The van der Waals surface area contributed by atoms with Gasteiger partial charge < -0.3 is 14.9 Å². The lowest BCUT2D eigenvalue weighted by Gasteiger charge is -2.26. The van der Waals surface area contributed by atoms with Crippen molar-refractivity contribution < 1.29 is 14.7 Å². The second-order valence-corrected chi connectivity index (χ2v) is 6.67. The number of benzene rings is 1. The normalized spacial score (nSPS) is 24.5. The molecule has 0 aliphatic carbocycles. The van der Waals surface area contributed by atoms with Crippen molar-refractivity contribution in [3.8, 4) is 0 Å². The van der Waals surface area contributed by atoms with Crippen LogP contribution in [0.5, 0.6) is 0 Å². The third kappa shape index (κ3) is 3.39. The molecule has 2 fully saturated rings. The topological polar surface area (TPSA) is 60.9 Å². The van der Waals surface area contributed by atoms with E-state index in [1.165, 1.54) is 5.56 Å². The van der Waals surface area contributed by atoms with Gasteiger partial charge in [-0.3, -0.25) is 9.59 Å². The summed E-state index contributed by atoms with van der Waals surface area (Å²) in [5.74, 6) is -0.190. The Bertz CT molecular complexity index is 584. The maximum absolute atomic E-state index is 12.6. The van der Waals surface area contributed by atoms with Crippen molar-refractivity contribution >= 4 is 11.8 Å². The average molecular weight is 316 g/mol. The minimum atomic E-state index is -0.264. The van der Waals surface area contributed by atoms with Crippen molar-refractivity contribution in [1.82, 2.24) is 9.80 Å². The van der Waals surface area contributed by atoms with Crippen LogP contribution in [-0.2, 0) is 16.1 Å². The van der Waals surface area contributed by atoms with Crippen LogP contribution in [0.4, 0.5) is 0 Å². The van der Waals surface area contributed by atoms with Gasteiger partial charge >= 0.3 is 0 Å². The van der Waals surface area contributed by atoms with Gasteiger partial charge in [0.2, 0.25) is 11.8 Å². The summed E-state index contributed by atoms with van der Waals surface area (Å²) >= 11 is 0. The Morgan fingerprint density at radius 1 is 1.30 bits per heavy atom. The van der Waals surface area contributed by atoms with E-state index in [0.29, 0.717) is 26.1 Å². The van der Waals surface area contributed by atoms with E-state index < -0.39 is 0 Å². The molecule has 3 rings (SSSR count). The Balaban J connectivity index is 1.62. The molecule has 0 aromatic heterocycles. The van der Waals surface area contributed by atoms with Crippen molar-refractivity contribution in [3.63, 3.8) is 0 Å². The standard InChI is InChI=1S/C18H24N2O3/c1-13-4-6-14(7-5-13)10-19-11-15(9-17(19)22)18(23)20-8-2-3-16(20)12-21/h4-7,15-16,21H,2-3,8-12H2,1H3/t15?,16-/m1/s1. The predicted octanol–water partition coefficient (Wildman–Crippen LogP) is 1.33. The number of aliphatic hydroxyl groups excluding tert-OH is 1. The van der Waals surface area contributed by atoms with E-state index in [0.717, 1.165) is 18.4 Å². The van der Waals surface area contributed by atoms with Crippen LogP contribution < -0.4 is 0 Å². The molecule has 0 saturated carbocycles. The van der Waals surface area contributed by atoms with Crippen LogP contribution in [-0.4, -0.2) is 52.5 Å². The van der Waals surface area contributed by atoms with Crippen LogP contribution in [0.3, 0.4) is 0 Å². The van der Waals surface area contributed by atoms with E-state index in [4.69, 9.17) is 0 Å². The van der Waals surface area contributed by atoms with Gasteiger partial charge in [-0.15, -0.1) is 0 Å². The summed E-state index contributed by atoms with van der Waals surface area (Å²) in [6.07, 6.45) is 2.08. The fourth-order valence-electron chi connectivity index (χ4n) is 3.55. The number of likely N-dealkylation sites (tertiary alicyclic amines) is 2. The third-order valence-electron chi connectivity index (χ3n) is 4.93. The van der Waals surface area contributed by atoms with Gasteiger partial charge in [0, 0.05) is 26.1 Å². The van der Waals surface area contributed by atoms with E-state index in [2.05, 4.69) is 0 Å². The van der Waals surface area contributed by atoms with Gasteiger partial charge in [-0.05, 0) is 25.3 Å². The highest BCUT2D eigenvalue weighted by Gasteiger charge is 2.39. The molecule has 2 aliphatic heterocycles. The largest absolute Gasteiger partial charge is 0.394 e. The number of nitrogens with zero attached hydrogens (tertiary/aromatic N) is 2. The monoisotopic (exact) mass is 316 g/mol. The van der Waals surface area contributed by atoms with Crippen LogP contribution in [0.1, 0.15) is 30.4 Å². The van der Waals surface area contributed by atoms with E-state index in [-0.39, 0.29) is 30.4 Å². The first kappa shape index (κ1) is 16.0. The molecule has 1 aromatic rings. The summed E-state index contributed by atoms with van der Waals surface area (Å²) in [4.78, 5) is 28.4. The smallest absolute Gasteiger partial charge is 0.228 e. The highest BCUT2D eigenvalue weighted by atomic mass is 16.3. The van der Waals surface area contributed by atoms with Gasteiger partial charge in [0.15, 0.2) is 0 Å². The van der Waals surface area contributed by atoms with E-state index >= 15 is 0 Å². The highest BCUT2D eigenvalue weighted by molar-refractivity contribution is 5.89. The van der Waals surface area contributed by atoms with Crippen molar-refractivity contribution in [1.29, 1.82) is 0 Å². The Morgan fingerprint density at radius 2 is 2.04 bits per heavy atom. The predicted molar refractivity (Wildman–Crippen MR) is 86.5 cm³/mol. The summed E-state index contributed by atoms with van der Waals surface area (Å²) in [6, 6.07) is 8.06. The maximum Gasteiger partial charge on any atom is 0.228 e. The number of hydrogen-bond donors (Lipinski definition) is 1. The fraction of sp³-hybridized carbons (Fsp3) is 0.556. The van der Waals surface area contributed by atoms with Gasteiger partial charge in [0.25, 0.3) is 0 Å². The Labute approximate surface area is 136 Å². The lowest BCUT2D eigenvalue weighted by Crippen LogP contribution is -2.42. The van der Waals surface area contributed by atoms with E-state index in [1.807, 2.05) is 31.2 Å². The van der Waals surface area contributed by atoms with Crippen LogP contribution in [0.2, 0.25) is 0 Å². The van der Waals surface area contributed by atoms with Crippen molar-refractivity contribution in [3.05, 3.63) is 35.4 Å². The number of carbonyl (C=O) groups is 2. The zero-order valence-corrected chi connectivity index (χ0v) is 13.6. The quantitative estimate of drug-likeness (QED) is 0.911. The van der Waals surface area contributed by atoms with Crippen molar-refractivity contribution in [2.24, 2.45) is 5.92 Å². The Kier molecular flexibility index (Phi) is 4.66. The molecule has 2 atom stereocenters. The first-order valence-corrected chi connectivity index (χ1v) is 8.33. The number of amides is 2. The second kappa shape index (κ2) is 6.71. The molecule has 0 bridgehead atoms. The number of carbonyl (C=O) groups excluding carboxylic acids is 2. The molecule has 124 valence electrons. The van der Waals surface area contributed by atoms with Gasteiger partial charge in [-0.1, -0.05) is 29.8 Å². The number of aryl methyl sites for hydroxylation is 1. The summed E-state index contributed by atoms with van der Waals surface area (Å²) in [6.45, 7) is 3.80. The number of rotatable bonds is 4. The lowest BCUT2D eigenvalue weighted by atomic mass is 10.1. The molecule has 5 nitrogen and oxygen atoms in total. The Morgan fingerprint density at radius 3 is 2.74 bits per heavy atom. The van der Waals surface area contributed by atoms with Gasteiger partial charge in [-0.25, -0.2) is 0 Å². The van der Waals surface area contributed by atoms with Gasteiger partial charge in [0.1, 0.15) is 0 Å². The van der Waals surface area contributed by atoms with E-state index in [1.54, 1.807) is 9.80 Å². The molecule has 0 radical (unpaired) electrons. The molecule has 5 heteroatoms. The van der Waals surface area contributed by atoms with Crippen LogP contribution >= 0.6 is 0 Å². The van der Waals surface area contributed by atoms with Crippen molar-refractivity contribution in [2.75, 3.05) is 19.7 Å². The molecule has 1 N–H and O–H groups in total. The molecule has 0 spiro atoms. The zero-order chi connectivity index (χ0) is 16.4. The number of hydrogen-bond acceptors (Lipinski definition) is 3. The minimum absolute atomic E-state index is 0.0134. The Hall–Kier alpha value is -1.88. The molecule has 2 heterocycles. The van der Waals surface area contributed by atoms with Crippen LogP contribution in [0.15, 0.2) is 24.3 Å². The third-order valence-corrected chi connectivity index (χ3v) is 4.93. The summed E-state index contributed by atoms with van der Waals surface area (Å²) < 4.78 is 0. The van der Waals surface area contributed by atoms with Crippen molar-refractivity contribution in [2.45, 2.75) is 38.8 Å². The summed E-state index contributed by atoms with van der Waals surface area (Å²) in [5, 5.41) is 9.38. The minimum Gasteiger partial charge on any atom is -0.394 e. The van der Waals surface area contributed by atoms with Gasteiger partial charge in [0.05, 0.1) is 18.6 Å². The molecule has 2 aliphatic rings. The average Bonchev–Trinajstić information content (AvgIpc) is 3.16. The van der Waals surface area contributed by atoms with E-state index in [9.17, 15) is 14.7 Å². The first-order chi connectivity index (χ1) is 11.1. The molecule has 2 saturated heterocycles. The van der Waals surface area contributed by atoms with Crippen LogP contribution in [0.25, 0.3) is 0 Å². The SMILES string of the molecule is Cc1ccc(CN2CC(C(=O)N3CCC[C@@H]3CO)CC2=O)cc1. The maximum atomic E-state index is 12.6. The molecular formula is C18H24N2O3. The molecule has 1 unspecified atom stereocenters.